The third-order valence-corrected chi connectivity index (χ3v) is 2.74. The highest BCUT2D eigenvalue weighted by Crippen LogP contribution is 2.20. The molecule has 91 valence electrons. The van der Waals surface area contributed by atoms with Crippen molar-refractivity contribution in [1.82, 2.24) is 15.4 Å². The fourth-order valence-electron chi connectivity index (χ4n) is 1.94. The predicted molar refractivity (Wildman–Crippen MR) is 61.4 cm³/mol. The van der Waals surface area contributed by atoms with Gasteiger partial charge in [-0.15, -0.1) is 0 Å². The Labute approximate surface area is 100.0 Å². The number of nitrogens with one attached hydrogen (secondary N) is 1. The van der Waals surface area contributed by atoms with Gasteiger partial charge in [0.1, 0.15) is 11.4 Å². The minimum atomic E-state index is -0.331. The molecule has 0 aliphatic carbocycles. The summed E-state index contributed by atoms with van der Waals surface area (Å²) in [6, 6.07) is 0. The first-order chi connectivity index (χ1) is 8.33. The first-order valence-corrected chi connectivity index (χ1v) is 5.64. The van der Waals surface area contributed by atoms with Gasteiger partial charge in [-0.05, 0) is 19.3 Å². The van der Waals surface area contributed by atoms with Gasteiger partial charge < -0.3 is 4.90 Å². The molecule has 1 saturated heterocycles. The van der Waals surface area contributed by atoms with Gasteiger partial charge in [-0.1, -0.05) is 0 Å². The number of aromatic nitrogens is 2. The van der Waals surface area contributed by atoms with E-state index < -0.39 is 0 Å². The van der Waals surface area contributed by atoms with Crippen molar-refractivity contribution >= 4 is 11.7 Å². The summed E-state index contributed by atoms with van der Waals surface area (Å²) in [5.74, 6) is 0.302. The van der Waals surface area contributed by atoms with Crippen LogP contribution in [0.2, 0.25) is 0 Å². The van der Waals surface area contributed by atoms with Crippen molar-refractivity contribution in [3.05, 3.63) is 18.1 Å². The summed E-state index contributed by atoms with van der Waals surface area (Å²) < 4.78 is 0. The Bertz CT molecular complexity index is 391. The molecule has 2 rings (SSSR count). The van der Waals surface area contributed by atoms with Crippen molar-refractivity contribution in [1.29, 1.82) is 0 Å². The van der Waals surface area contributed by atoms with E-state index in [4.69, 9.17) is 0 Å². The lowest BCUT2D eigenvalue weighted by atomic mass is 10.1. The third kappa shape index (κ3) is 2.71. The maximum Gasteiger partial charge on any atom is 0.280 e. The quantitative estimate of drug-likeness (QED) is 0.775. The maximum atomic E-state index is 11.8. The average Bonchev–Trinajstić information content (AvgIpc) is 2.40. The summed E-state index contributed by atoms with van der Waals surface area (Å²) >= 11 is 0. The molecule has 2 heterocycles. The van der Waals surface area contributed by atoms with Crippen LogP contribution < -0.4 is 10.4 Å². The molecule has 1 fully saturated rings. The molecule has 17 heavy (non-hydrogen) atoms. The fourth-order valence-corrected chi connectivity index (χ4v) is 1.94. The van der Waals surface area contributed by atoms with Gasteiger partial charge in [-0.2, -0.15) is 0 Å². The summed E-state index contributed by atoms with van der Waals surface area (Å²) in [6.45, 7) is 1.83. The van der Waals surface area contributed by atoms with Gasteiger partial charge in [0.2, 0.25) is 0 Å². The number of carbonyl (C=O) groups is 1. The van der Waals surface area contributed by atoms with Crippen LogP contribution in [0.15, 0.2) is 6.20 Å². The van der Waals surface area contributed by atoms with Gasteiger partial charge in [0.25, 0.3) is 5.91 Å². The molecule has 0 atom stereocenters. The summed E-state index contributed by atoms with van der Waals surface area (Å²) in [7, 11) is 1.40. The number of nitrogens with zero attached hydrogens (tertiary/aromatic N) is 3. The van der Waals surface area contributed by atoms with Crippen LogP contribution in [0, 0.1) is 6.33 Å². The van der Waals surface area contributed by atoms with Gasteiger partial charge in [0.15, 0.2) is 6.33 Å². The number of hydroxylamine groups is 1. The molecule has 0 unspecified atom stereocenters. The molecule has 6 nitrogen and oxygen atoms in total. The zero-order chi connectivity index (χ0) is 12.1. The lowest BCUT2D eigenvalue weighted by Gasteiger charge is -2.28. The monoisotopic (exact) mass is 235 g/mol. The Morgan fingerprint density at radius 3 is 2.94 bits per heavy atom. The third-order valence-electron chi connectivity index (χ3n) is 2.74. The van der Waals surface area contributed by atoms with E-state index >= 15 is 0 Å². The summed E-state index contributed by atoms with van der Waals surface area (Å²) in [5, 5.41) is 0. The van der Waals surface area contributed by atoms with Crippen molar-refractivity contribution in [3.63, 3.8) is 0 Å². The fraction of sp³-hybridized carbons (Fsp3) is 0.545. The normalized spacial score (nSPS) is 15.7. The lowest BCUT2D eigenvalue weighted by Crippen LogP contribution is -2.33. The summed E-state index contributed by atoms with van der Waals surface area (Å²) in [4.78, 5) is 26.3. The highest BCUT2D eigenvalue weighted by atomic mass is 16.6. The molecular weight excluding hydrogens is 220 g/mol. The number of rotatable bonds is 3. The van der Waals surface area contributed by atoms with Crippen molar-refractivity contribution < 1.29 is 9.63 Å². The van der Waals surface area contributed by atoms with E-state index in [9.17, 15) is 4.79 Å². The topological polar surface area (TPSA) is 67.3 Å². The van der Waals surface area contributed by atoms with Crippen molar-refractivity contribution in [2.45, 2.75) is 19.3 Å². The van der Waals surface area contributed by atoms with Gasteiger partial charge in [-0.25, -0.2) is 15.4 Å². The second-order valence-electron chi connectivity index (χ2n) is 3.89. The van der Waals surface area contributed by atoms with Gasteiger partial charge in [-0.3, -0.25) is 9.63 Å². The van der Waals surface area contributed by atoms with Crippen LogP contribution >= 0.6 is 0 Å². The van der Waals surface area contributed by atoms with E-state index in [-0.39, 0.29) is 5.91 Å². The van der Waals surface area contributed by atoms with Gasteiger partial charge >= 0.3 is 0 Å². The first-order valence-electron chi connectivity index (χ1n) is 5.64. The zero-order valence-corrected chi connectivity index (χ0v) is 9.77. The second kappa shape index (κ2) is 5.58. The Balaban J connectivity index is 2.23. The molecule has 1 aliphatic heterocycles. The van der Waals surface area contributed by atoms with E-state index in [2.05, 4.69) is 31.5 Å². The van der Waals surface area contributed by atoms with Crippen LogP contribution in [-0.4, -0.2) is 36.1 Å². The Kier molecular flexibility index (Phi) is 3.87. The highest BCUT2D eigenvalue weighted by Gasteiger charge is 2.20. The van der Waals surface area contributed by atoms with Crippen molar-refractivity contribution in [2.75, 3.05) is 25.1 Å². The number of anilines is 1. The van der Waals surface area contributed by atoms with Crippen LogP contribution in [0.3, 0.4) is 0 Å². The summed E-state index contributed by atoms with van der Waals surface area (Å²) in [6.07, 6.45) is 7.46. The largest absolute Gasteiger partial charge is 0.356 e. The molecule has 1 N–H and O–H groups in total. The minimum Gasteiger partial charge on any atom is -0.356 e. The van der Waals surface area contributed by atoms with E-state index in [0.717, 1.165) is 25.9 Å². The van der Waals surface area contributed by atoms with Crippen LogP contribution in [0.4, 0.5) is 5.82 Å². The smallest absolute Gasteiger partial charge is 0.280 e. The van der Waals surface area contributed by atoms with Crippen LogP contribution in [-0.2, 0) is 4.84 Å². The molecule has 1 amide bonds. The van der Waals surface area contributed by atoms with Gasteiger partial charge in [0.05, 0.1) is 7.11 Å². The Hall–Kier alpha value is -1.69. The van der Waals surface area contributed by atoms with Crippen LogP contribution in [0.1, 0.15) is 29.6 Å². The molecule has 1 aromatic rings. The molecule has 0 saturated carbocycles. The number of hydrogen-bond acceptors (Lipinski definition) is 5. The number of piperidine rings is 1. The van der Waals surface area contributed by atoms with Crippen molar-refractivity contribution in [3.8, 4) is 0 Å². The molecular formula is C11H15N4O2. The first kappa shape index (κ1) is 11.8. The van der Waals surface area contributed by atoms with Crippen LogP contribution in [0.5, 0.6) is 0 Å². The Morgan fingerprint density at radius 1 is 1.47 bits per heavy atom. The van der Waals surface area contributed by atoms with E-state index in [1.807, 2.05) is 0 Å². The highest BCUT2D eigenvalue weighted by molar-refractivity contribution is 5.97. The Morgan fingerprint density at radius 2 is 2.24 bits per heavy atom. The maximum absolute atomic E-state index is 11.8. The van der Waals surface area contributed by atoms with E-state index in [1.165, 1.54) is 19.7 Å². The molecule has 1 aromatic heterocycles. The molecule has 0 bridgehead atoms. The standard InChI is InChI=1S/C11H15N4O2/c1-17-14-11(16)9-7-12-8-13-10(9)15-5-3-2-4-6-15/h7H,2-6H2,1H3,(H,14,16). The van der Waals surface area contributed by atoms with E-state index in [0.29, 0.717) is 11.4 Å². The predicted octanol–water partition coefficient (Wildman–Crippen LogP) is 0.558. The van der Waals surface area contributed by atoms with Crippen LogP contribution in [0.25, 0.3) is 0 Å². The number of hydrogen-bond donors (Lipinski definition) is 1. The zero-order valence-electron chi connectivity index (χ0n) is 9.77. The molecule has 6 heteroatoms. The molecule has 1 aliphatic rings. The SMILES string of the molecule is CONC(=O)c1cn[c]nc1N1CCCCC1. The molecule has 0 aromatic carbocycles. The molecule has 0 spiro atoms. The minimum absolute atomic E-state index is 0.331. The van der Waals surface area contributed by atoms with Gasteiger partial charge in [0, 0.05) is 19.3 Å². The average molecular weight is 235 g/mol. The number of amides is 1. The molecule has 1 radical (unpaired) electrons. The lowest BCUT2D eigenvalue weighted by molar-refractivity contribution is 0.0537. The summed E-state index contributed by atoms with van der Waals surface area (Å²) in [5.41, 5.74) is 2.71. The van der Waals surface area contributed by atoms with E-state index in [1.54, 1.807) is 0 Å². The van der Waals surface area contributed by atoms with Crippen molar-refractivity contribution in [2.24, 2.45) is 0 Å². The second-order valence-corrected chi connectivity index (χ2v) is 3.89. The number of carbonyl (C=O) groups excluding carboxylic acids is 1.